The van der Waals surface area contributed by atoms with Gasteiger partial charge in [0.1, 0.15) is 17.5 Å². The van der Waals surface area contributed by atoms with E-state index < -0.39 is 23.2 Å². The second-order valence-electron chi connectivity index (χ2n) is 6.23. The van der Waals surface area contributed by atoms with E-state index in [2.05, 4.69) is 10.1 Å². The van der Waals surface area contributed by atoms with Crippen LogP contribution in [0, 0.1) is 0 Å². The van der Waals surface area contributed by atoms with Crippen LogP contribution in [-0.2, 0) is 20.7 Å². The number of nitrogens with two attached hydrogens (primary N) is 2. The highest BCUT2D eigenvalue weighted by Gasteiger charge is 2.25. The quantitative estimate of drug-likeness (QED) is 0.373. The zero-order chi connectivity index (χ0) is 21.0. The number of methoxy groups -OCH3 is 1. The molecule has 8 nitrogen and oxygen atoms in total. The van der Waals surface area contributed by atoms with E-state index >= 15 is 0 Å². The first kappa shape index (κ1) is 20.4. The van der Waals surface area contributed by atoms with Crippen LogP contribution in [-0.4, -0.2) is 30.3 Å². The highest BCUT2D eigenvalue weighted by molar-refractivity contribution is 8.18. The molecule has 1 aliphatic heterocycles. The zero-order valence-electron chi connectivity index (χ0n) is 15.5. The van der Waals surface area contributed by atoms with Gasteiger partial charge in [0.15, 0.2) is 0 Å². The lowest BCUT2D eigenvalue weighted by atomic mass is 10.1. The van der Waals surface area contributed by atoms with E-state index in [4.69, 9.17) is 16.2 Å². The van der Waals surface area contributed by atoms with Crippen molar-refractivity contribution in [2.24, 2.45) is 5.73 Å². The Morgan fingerprint density at radius 1 is 1.21 bits per heavy atom. The number of carbonyl (C=O) groups is 3. The fourth-order valence-electron chi connectivity index (χ4n) is 2.63. The summed E-state index contributed by atoms with van der Waals surface area (Å²) >= 11 is 0.841. The van der Waals surface area contributed by atoms with Crippen LogP contribution in [0.15, 0.2) is 47.4 Å². The molecule has 2 aromatic carbocycles. The summed E-state index contributed by atoms with van der Waals surface area (Å²) in [5, 5.41) is 1.80. The van der Waals surface area contributed by atoms with E-state index in [-0.39, 0.29) is 0 Å². The summed E-state index contributed by atoms with van der Waals surface area (Å²) in [6, 6.07) is 11.5. The molecule has 9 heteroatoms. The third kappa shape index (κ3) is 5.15. The maximum absolute atomic E-state index is 11.6. The molecule has 1 aliphatic rings. The standard InChI is InChI=1S/C20H19N3O5S/c1-27-19(25)15(22)8-11-2-5-13(6-3-11)28-16-7-4-12(9-14(16)21)10-17-18(24)23-20(26)29-17/h2-7,9-10,15H,8,21-22H2,1H3,(H,23,24,26). The maximum Gasteiger partial charge on any atom is 0.322 e. The topological polar surface area (TPSA) is 134 Å². The fourth-order valence-corrected chi connectivity index (χ4v) is 3.31. The number of esters is 1. The molecule has 0 saturated carbocycles. The summed E-state index contributed by atoms with van der Waals surface area (Å²) in [7, 11) is 1.30. The van der Waals surface area contributed by atoms with Crippen LogP contribution in [0.4, 0.5) is 10.5 Å². The molecular weight excluding hydrogens is 394 g/mol. The number of carbonyl (C=O) groups excluding carboxylic acids is 3. The number of nitrogen functional groups attached to an aromatic ring is 1. The number of ether oxygens (including phenoxy) is 2. The average molecular weight is 413 g/mol. The highest BCUT2D eigenvalue weighted by Crippen LogP contribution is 2.31. The van der Waals surface area contributed by atoms with E-state index in [0.717, 1.165) is 17.3 Å². The average Bonchev–Trinajstić information content (AvgIpc) is 3.01. The van der Waals surface area contributed by atoms with Crippen LogP contribution in [0.3, 0.4) is 0 Å². The molecule has 0 aliphatic carbocycles. The molecule has 1 fully saturated rings. The molecule has 1 heterocycles. The summed E-state index contributed by atoms with van der Waals surface area (Å²) in [5.41, 5.74) is 13.7. The van der Waals surface area contributed by atoms with Crippen LogP contribution in [0.5, 0.6) is 11.5 Å². The molecule has 0 spiro atoms. The third-order valence-corrected chi connectivity index (χ3v) is 4.89. The van der Waals surface area contributed by atoms with Crippen LogP contribution in [0.1, 0.15) is 11.1 Å². The van der Waals surface area contributed by atoms with Gasteiger partial charge < -0.3 is 20.9 Å². The summed E-state index contributed by atoms with van der Waals surface area (Å²) in [6.07, 6.45) is 1.94. The molecule has 3 rings (SSSR count). The third-order valence-electron chi connectivity index (χ3n) is 4.08. The fraction of sp³-hybridized carbons (Fsp3) is 0.150. The first-order valence-corrected chi connectivity index (χ1v) is 9.42. The number of anilines is 1. The lowest BCUT2D eigenvalue weighted by Crippen LogP contribution is -2.33. The van der Waals surface area contributed by atoms with E-state index in [1.807, 2.05) is 0 Å². The minimum absolute atomic E-state index is 0.309. The van der Waals surface area contributed by atoms with Crippen LogP contribution < -0.4 is 21.5 Å². The lowest BCUT2D eigenvalue weighted by Gasteiger charge is -2.11. The molecule has 5 N–H and O–H groups in total. The zero-order valence-corrected chi connectivity index (χ0v) is 16.3. The lowest BCUT2D eigenvalue weighted by molar-refractivity contribution is -0.142. The number of benzene rings is 2. The van der Waals surface area contributed by atoms with Gasteiger partial charge in [-0.2, -0.15) is 0 Å². The van der Waals surface area contributed by atoms with Crippen molar-refractivity contribution in [3.8, 4) is 11.5 Å². The van der Waals surface area contributed by atoms with Crippen molar-refractivity contribution >= 4 is 40.6 Å². The molecule has 150 valence electrons. The van der Waals surface area contributed by atoms with Gasteiger partial charge in [0.2, 0.25) is 0 Å². The minimum Gasteiger partial charge on any atom is -0.468 e. The van der Waals surface area contributed by atoms with E-state index in [0.29, 0.717) is 34.1 Å². The summed E-state index contributed by atoms with van der Waals surface area (Å²) in [6.45, 7) is 0. The first-order valence-electron chi connectivity index (χ1n) is 8.60. The Bertz CT molecular complexity index is 988. The van der Waals surface area contributed by atoms with Crippen molar-refractivity contribution in [1.29, 1.82) is 0 Å². The van der Waals surface area contributed by atoms with Gasteiger partial charge in [-0.15, -0.1) is 0 Å². The van der Waals surface area contributed by atoms with Crippen molar-refractivity contribution in [2.75, 3.05) is 12.8 Å². The number of rotatable bonds is 6. The highest BCUT2D eigenvalue weighted by atomic mass is 32.2. The van der Waals surface area contributed by atoms with Gasteiger partial charge >= 0.3 is 5.97 Å². The Morgan fingerprint density at radius 2 is 1.93 bits per heavy atom. The number of hydrogen-bond acceptors (Lipinski definition) is 8. The van der Waals surface area contributed by atoms with Crippen LogP contribution in [0.25, 0.3) is 6.08 Å². The van der Waals surface area contributed by atoms with Crippen molar-refractivity contribution in [3.05, 3.63) is 58.5 Å². The van der Waals surface area contributed by atoms with Gasteiger partial charge in [-0.05, 0) is 59.7 Å². The number of thioether (sulfide) groups is 1. The smallest absolute Gasteiger partial charge is 0.322 e. The van der Waals surface area contributed by atoms with Gasteiger partial charge in [-0.3, -0.25) is 19.7 Å². The van der Waals surface area contributed by atoms with Crippen LogP contribution >= 0.6 is 11.8 Å². The molecule has 0 aromatic heterocycles. The second kappa shape index (κ2) is 8.80. The summed E-state index contributed by atoms with van der Waals surface area (Å²) in [5.74, 6) is 0.122. The van der Waals surface area contributed by atoms with Crippen molar-refractivity contribution < 1.29 is 23.9 Å². The Labute approximate surface area is 171 Å². The molecular formula is C20H19N3O5S. The summed E-state index contributed by atoms with van der Waals surface area (Å²) < 4.78 is 10.4. The van der Waals surface area contributed by atoms with Gasteiger partial charge in [0, 0.05) is 0 Å². The van der Waals surface area contributed by atoms with E-state index in [9.17, 15) is 14.4 Å². The molecule has 2 amide bonds. The Kier molecular flexibility index (Phi) is 6.20. The van der Waals surface area contributed by atoms with Gasteiger partial charge in [0.05, 0.1) is 17.7 Å². The molecule has 0 radical (unpaired) electrons. The Balaban J connectivity index is 1.67. The normalized spacial score (nSPS) is 15.9. The number of hydrogen-bond donors (Lipinski definition) is 3. The van der Waals surface area contributed by atoms with Gasteiger partial charge in [-0.1, -0.05) is 18.2 Å². The van der Waals surface area contributed by atoms with E-state index in [1.54, 1.807) is 48.5 Å². The monoisotopic (exact) mass is 413 g/mol. The summed E-state index contributed by atoms with van der Waals surface area (Å²) in [4.78, 5) is 34.6. The van der Waals surface area contributed by atoms with E-state index in [1.165, 1.54) is 7.11 Å². The molecule has 0 bridgehead atoms. The van der Waals surface area contributed by atoms with Gasteiger partial charge in [0.25, 0.3) is 11.1 Å². The van der Waals surface area contributed by atoms with Crippen molar-refractivity contribution in [1.82, 2.24) is 5.32 Å². The van der Waals surface area contributed by atoms with Crippen LogP contribution in [0.2, 0.25) is 0 Å². The first-order chi connectivity index (χ1) is 13.9. The minimum atomic E-state index is -0.723. The maximum atomic E-state index is 11.6. The van der Waals surface area contributed by atoms with Gasteiger partial charge in [-0.25, -0.2) is 0 Å². The predicted octanol–water partition coefficient (Wildman–Crippen LogP) is 2.43. The number of imide groups is 1. The molecule has 1 unspecified atom stereocenters. The van der Waals surface area contributed by atoms with Crippen molar-refractivity contribution in [3.63, 3.8) is 0 Å². The number of nitrogens with one attached hydrogen (secondary N) is 1. The number of amides is 2. The molecule has 2 aromatic rings. The Morgan fingerprint density at radius 3 is 2.52 bits per heavy atom. The molecule has 1 atom stereocenters. The second-order valence-corrected chi connectivity index (χ2v) is 7.24. The SMILES string of the molecule is COC(=O)C(N)Cc1ccc(Oc2ccc(C=C3SC(=O)NC3=O)cc2N)cc1. The molecule has 29 heavy (non-hydrogen) atoms. The Hall–Kier alpha value is -3.30. The molecule has 1 saturated heterocycles. The largest absolute Gasteiger partial charge is 0.468 e. The van der Waals surface area contributed by atoms with Crippen molar-refractivity contribution in [2.45, 2.75) is 12.5 Å². The predicted molar refractivity (Wildman–Crippen MR) is 110 cm³/mol.